The van der Waals surface area contributed by atoms with Crippen LogP contribution in [0.2, 0.25) is 0 Å². The minimum atomic E-state index is -0.566. The monoisotopic (exact) mass is 263 g/mol. The quantitative estimate of drug-likeness (QED) is 0.533. The number of likely N-dealkylation sites (tertiary alicyclic amines) is 1. The molecule has 5 heteroatoms. The van der Waals surface area contributed by atoms with E-state index < -0.39 is 11.5 Å². The van der Waals surface area contributed by atoms with Gasteiger partial charge in [0.15, 0.2) is 0 Å². The Bertz CT molecular complexity index is 286. The van der Waals surface area contributed by atoms with Crippen LogP contribution in [0.3, 0.4) is 0 Å². The van der Waals surface area contributed by atoms with Gasteiger partial charge in [0.25, 0.3) is 0 Å². The number of hydrogen-bond donors (Lipinski definition) is 0. The number of hydrogen-bond acceptors (Lipinski definition) is 4. The Labute approximate surface area is 109 Å². The molecule has 0 aromatic carbocycles. The highest BCUT2D eigenvalue weighted by Crippen LogP contribution is 2.18. The van der Waals surface area contributed by atoms with Crippen molar-refractivity contribution in [3.63, 3.8) is 0 Å². The second-order valence-corrected chi connectivity index (χ2v) is 5.39. The molecule has 1 aliphatic heterocycles. The first kappa shape index (κ1) is 16.4. The van der Waals surface area contributed by atoms with Gasteiger partial charge in [-0.1, -0.05) is 0 Å². The van der Waals surface area contributed by atoms with Gasteiger partial charge >= 0.3 is 5.97 Å². The summed E-state index contributed by atoms with van der Waals surface area (Å²) < 4.78 is 5.26. The lowest BCUT2D eigenvalue weighted by atomic mass is 9.99. The summed E-state index contributed by atoms with van der Waals surface area (Å²) in [6, 6.07) is 0. The van der Waals surface area contributed by atoms with Crippen LogP contribution >= 0.6 is 12.4 Å². The fraction of sp³-hybridized carbons (Fsp3) is 0.833. The van der Waals surface area contributed by atoms with E-state index >= 15 is 0 Å². The van der Waals surface area contributed by atoms with Crippen LogP contribution in [0.1, 0.15) is 33.6 Å². The minimum absolute atomic E-state index is 0. The molecule has 0 spiro atoms. The molecule has 17 heavy (non-hydrogen) atoms. The number of ether oxygens (including phenoxy) is 1. The maximum Gasteiger partial charge on any atom is 0.317 e. The van der Waals surface area contributed by atoms with Crippen LogP contribution in [0.25, 0.3) is 0 Å². The lowest BCUT2D eigenvalue weighted by molar-refractivity contribution is -0.162. The first-order valence-corrected chi connectivity index (χ1v) is 5.74. The van der Waals surface area contributed by atoms with Gasteiger partial charge in [0.2, 0.25) is 0 Å². The predicted octanol–water partition coefficient (Wildman–Crippen LogP) is 1.66. The average Bonchev–Trinajstić information content (AvgIpc) is 2.26. The third-order valence-electron chi connectivity index (χ3n) is 2.62. The average molecular weight is 264 g/mol. The Balaban J connectivity index is 0.00000256. The highest BCUT2D eigenvalue weighted by molar-refractivity contribution is 5.99. The van der Waals surface area contributed by atoms with Crippen LogP contribution in [-0.4, -0.2) is 42.4 Å². The standard InChI is InChI=1S/C12H21NO3.ClH/c1-12(2,3)16-11(15)9-5-7-13(4)8-6-10(9)14;/h9H,5-8H2,1-4H3;1H. The fourth-order valence-corrected chi connectivity index (χ4v) is 1.72. The smallest absolute Gasteiger partial charge is 0.317 e. The van der Waals surface area contributed by atoms with E-state index in [2.05, 4.69) is 4.90 Å². The summed E-state index contributed by atoms with van der Waals surface area (Å²) >= 11 is 0. The molecule has 0 bridgehead atoms. The van der Waals surface area contributed by atoms with Gasteiger partial charge in [-0.3, -0.25) is 9.59 Å². The summed E-state index contributed by atoms with van der Waals surface area (Å²) in [7, 11) is 1.96. The van der Waals surface area contributed by atoms with Gasteiger partial charge < -0.3 is 9.64 Å². The summed E-state index contributed by atoms with van der Waals surface area (Å²) in [6.07, 6.45) is 1.02. The third-order valence-corrected chi connectivity index (χ3v) is 2.62. The zero-order chi connectivity index (χ0) is 12.3. The molecule has 1 aliphatic rings. The zero-order valence-corrected chi connectivity index (χ0v) is 11.8. The van der Waals surface area contributed by atoms with Crippen molar-refractivity contribution in [1.82, 2.24) is 4.90 Å². The molecule has 0 aliphatic carbocycles. The van der Waals surface area contributed by atoms with Crippen LogP contribution in [0.4, 0.5) is 0 Å². The van der Waals surface area contributed by atoms with E-state index in [0.29, 0.717) is 12.8 Å². The van der Waals surface area contributed by atoms with Gasteiger partial charge in [-0.25, -0.2) is 0 Å². The first-order valence-electron chi connectivity index (χ1n) is 5.74. The third kappa shape index (κ3) is 5.50. The summed E-state index contributed by atoms with van der Waals surface area (Å²) in [5.41, 5.74) is -0.518. The fourth-order valence-electron chi connectivity index (χ4n) is 1.72. The molecule has 0 aromatic rings. The van der Waals surface area contributed by atoms with Gasteiger partial charge in [-0.05, 0) is 40.8 Å². The van der Waals surface area contributed by atoms with Gasteiger partial charge in [-0.15, -0.1) is 12.4 Å². The topological polar surface area (TPSA) is 46.6 Å². The highest BCUT2D eigenvalue weighted by Gasteiger charge is 2.32. The maximum absolute atomic E-state index is 11.8. The normalized spacial score (nSPS) is 22.6. The summed E-state index contributed by atoms with van der Waals surface area (Å²) in [4.78, 5) is 25.7. The van der Waals surface area contributed by atoms with Crippen LogP contribution in [0.5, 0.6) is 0 Å². The number of nitrogens with zero attached hydrogens (tertiary/aromatic N) is 1. The number of esters is 1. The summed E-state index contributed by atoms with van der Waals surface area (Å²) in [5.74, 6) is -0.921. The van der Waals surface area contributed by atoms with Gasteiger partial charge in [0, 0.05) is 13.0 Å². The second-order valence-electron chi connectivity index (χ2n) is 5.39. The summed E-state index contributed by atoms with van der Waals surface area (Å²) in [5, 5.41) is 0. The lowest BCUT2D eigenvalue weighted by Crippen LogP contribution is -2.32. The second kappa shape index (κ2) is 6.36. The molecule has 1 unspecified atom stereocenters. The van der Waals surface area contributed by atoms with Crippen molar-refractivity contribution >= 4 is 24.2 Å². The van der Waals surface area contributed by atoms with E-state index in [1.165, 1.54) is 0 Å². The Morgan fingerprint density at radius 3 is 2.47 bits per heavy atom. The molecule has 0 saturated carbocycles. The minimum Gasteiger partial charge on any atom is -0.459 e. The van der Waals surface area contributed by atoms with Gasteiger partial charge in [0.1, 0.15) is 17.3 Å². The molecule has 1 rings (SSSR count). The van der Waals surface area contributed by atoms with Crippen molar-refractivity contribution in [2.24, 2.45) is 5.92 Å². The molecule has 0 aromatic heterocycles. The van der Waals surface area contributed by atoms with Gasteiger partial charge in [0.05, 0.1) is 0 Å². The Kier molecular flexibility index (Phi) is 6.13. The molecule has 100 valence electrons. The number of rotatable bonds is 1. The van der Waals surface area contributed by atoms with Crippen molar-refractivity contribution < 1.29 is 14.3 Å². The lowest BCUT2D eigenvalue weighted by Gasteiger charge is -2.22. The molecule has 1 saturated heterocycles. The Hall–Kier alpha value is -0.610. The largest absolute Gasteiger partial charge is 0.459 e. The molecular weight excluding hydrogens is 242 g/mol. The van der Waals surface area contributed by atoms with Crippen LogP contribution in [-0.2, 0) is 14.3 Å². The van der Waals surface area contributed by atoms with E-state index in [1.54, 1.807) is 0 Å². The van der Waals surface area contributed by atoms with Crippen molar-refractivity contribution in [2.75, 3.05) is 20.1 Å². The molecular formula is C12H22ClNO3. The SMILES string of the molecule is CN1CCC(=O)C(C(=O)OC(C)(C)C)CC1.Cl. The number of ketones is 1. The van der Waals surface area contributed by atoms with Crippen molar-refractivity contribution in [1.29, 1.82) is 0 Å². The van der Waals surface area contributed by atoms with Crippen LogP contribution in [0, 0.1) is 5.92 Å². The first-order chi connectivity index (χ1) is 7.29. The van der Waals surface area contributed by atoms with E-state index in [-0.39, 0.29) is 24.2 Å². The van der Waals surface area contributed by atoms with Crippen molar-refractivity contribution in [2.45, 2.75) is 39.2 Å². The Morgan fingerprint density at radius 2 is 1.94 bits per heavy atom. The maximum atomic E-state index is 11.8. The number of carbonyl (C=O) groups is 2. The molecule has 1 fully saturated rings. The molecule has 1 atom stereocenters. The molecule has 0 radical (unpaired) electrons. The molecule has 1 heterocycles. The molecule has 0 amide bonds. The van der Waals surface area contributed by atoms with E-state index in [1.807, 2.05) is 27.8 Å². The molecule has 4 nitrogen and oxygen atoms in total. The van der Waals surface area contributed by atoms with E-state index in [9.17, 15) is 9.59 Å². The summed E-state index contributed by atoms with van der Waals surface area (Å²) in [6.45, 7) is 6.96. The van der Waals surface area contributed by atoms with E-state index in [4.69, 9.17) is 4.74 Å². The number of halogens is 1. The number of carbonyl (C=O) groups excluding carboxylic acids is 2. The van der Waals surface area contributed by atoms with Crippen LogP contribution < -0.4 is 0 Å². The highest BCUT2D eigenvalue weighted by atomic mass is 35.5. The predicted molar refractivity (Wildman–Crippen MR) is 68.3 cm³/mol. The van der Waals surface area contributed by atoms with Gasteiger partial charge in [-0.2, -0.15) is 0 Å². The number of Topliss-reactive ketones (excluding diaryl/α,β-unsaturated/α-hetero) is 1. The van der Waals surface area contributed by atoms with Crippen molar-refractivity contribution in [3.8, 4) is 0 Å². The van der Waals surface area contributed by atoms with Crippen molar-refractivity contribution in [3.05, 3.63) is 0 Å². The zero-order valence-electron chi connectivity index (χ0n) is 11.0. The van der Waals surface area contributed by atoms with Crippen LogP contribution in [0.15, 0.2) is 0 Å². The van der Waals surface area contributed by atoms with E-state index in [0.717, 1.165) is 13.1 Å². The molecule has 0 N–H and O–H groups in total. The Morgan fingerprint density at radius 1 is 1.35 bits per heavy atom.